The fourth-order valence-corrected chi connectivity index (χ4v) is 3.68. The van der Waals surface area contributed by atoms with Crippen LogP contribution in [0.3, 0.4) is 0 Å². The predicted octanol–water partition coefficient (Wildman–Crippen LogP) is 3.27. The van der Waals surface area contributed by atoms with Gasteiger partial charge in [-0.25, -0.2) is 0 Å². The van der Waals surface area contributed by atoms with E-state index in [1.165, 1.54) is 11.3 Å². The molecule has 0 aliphatic carbocycles. The van der Waals surface area contributed by atoms with Crippen molar-refractivity contribution in [3.05, 3.63) is 21.3 Å². The second kappa shape index (κ2) is 5.05. The Hall–Kier alpha value is -0.0900. The van der Waals surface area contributed by atoms with Crippen LogP contribution in [0.2, 0.25) is 4.34 Å². The first kappa shape index (κ1) is 12.4. The van der Waals surface area contributed by atoms with Crippen molar-refractivity contribution in [2.45, 2.75) is 31.2 Å². The van der Waals surface area contributed by atoms with Crippen LogP contribution >= 0.6 is 22.9 Å². The summed E-state index contributed by atoms with van der Waals surface area (Å²) in [5.74, 6) is 0.624. The van der Waals surface area contributed by atoms with Crippen LogP contribution < -0.4 is 5.32 Å². The van der Waals surface area contributed by atoms with Crippen molar-refractivity contribution in [3.63, 3.8) is 0 Å². The topological polar surface area (TPSA) is 21.3 Å². The molecule has 0 saturated carbocycles. The average Bonchev–Trinajstić information content (AvgIpc) is 2.65. The molecule has 2 atom stereocenters. The summed E-state index contributed by atoms with van der Waals surface area (Å²) in [6.45, 7) is 4.06. The Morgan fingerprint density at radius 2 is 2.44 bits per heavy atom. The summed E-state index contributed by atoms with van der Waals surface area (Å²) in [5.41, 5.74) is 0.105. The third-order valence-electron chi connectivity index (χ3n) is 3.20. The number of rotatable bonds is 3. The molecule has 1 N–H and O–H groups in total. The first-order valence-electron chi connectivity index (χ1n) is 5.62. The lowest BCUT2D eigenvalue weighted by Gasteiger charge is -2.38. The molecule has 0 amide bonds. The number of hydrogen-bond donors (Lipinski definition) is 1. The van der Waals surface area contributed by atoms with Crippen LogP contribution in [0.4, 0.5) is 0 Å². The number of halogens is 1. The van der Waals surface area contributed by atoms with Crippen molar-refractivity contribution < 1.29 is 4.74 Å². The molecule has 0 bridgehead atoms. The zero-order valence-corrected chi connectivity index (χ0v) is 11.3. The van der Waals surface area contributed by atoms with E-state index < -0.39 is 0 Å². The van der Waals surface area contributed by atoms with E-state index in [0.29, 0.717) is 5.92 Å². The van der Waals surface area contributed by atoms with E-state index in [2.05, 4.69) is 18.3 Å². The first-order valence-corrected chi connectivity index (χ1v) is 6.82. The zero-order chi connectivity index (χ0) is 11.6. The van der Waals surface area contributed by atoms with E-state index in [1.807, 2.05) is 6.07 Å². The smallest absolute Gasteiger partial charge is 0.0931 e. The Morgan fingerprint density at radius 3 is 3.06 bits per heavy atom. The van der Waals surface area contributed by atoms with Crippen molar-refractivity contribution in [2.24, 2.45) is 0 Å². The Bertz CT molecular complexity index is 351. The van der Waals surface area contributed by atoms with Crippen LogP contribution in [0, 0.1) is 0 Å². The van der Waals surface area contributed by atoms with Crippen molar-refractivity contribution in [1.82, 2.24) is 5.32 Å². The normalized spacial score (nSPS) is 30.6. The number of ether oxygens (including phenoxy) is 1. The second-order valence-corrected chi connectivity index (χ2v) is 6.50. The predicted molar refractivity (Wildman–Crippen MR) is 69.6 cm³/mol. The van der Waals surface area contributed by atoms with Gasteiger partial charge in [-0.15, -0.1) is 11.3 Å². The summed E-state index contributed by atoms with van der Waals surface area (Å²) in [6, 6.07) is 4.16. The van der Waals surface area contributed by atoms with E-state index in [0.717, 1.165) is 23.9 Å². The van der Waals surface area contributed by atoms with E-state index >= 15 is 0 Å². The molecule has 0 spiro atoms. The minimum atomic E-state index is 0.105. The molecule has 2 unspecified atom stereocenters. The Balaban J connectivity index is 2.07. The fraction of sp³-hybridized carbons (Fsp3) is 0.667. The SMILES string of the molecule is COCC1(C)CC(c2ccc(Cl)s2)CCN1. The number of piperidine rings is 1. The van der Waals surface area contributed by atoms with Gasteiger partial charge in [0.15, 0.2) is 0 Å². The molecule has 1 fully saturated rings. The third-order valence-corrected chi connectivity index (χ3v) is 4.59. The second-order valence-electron chi connectivity index (χ2n) is 4.75. The molecule has 1 aliphatic heterocycles. The fourth-order valence-electron chi connectivity index (χ4n) is 2.49. The number of thiophene rings is 1. The van der Waals surface area contributed by atoms with Crippen LogP contribution in [0.5, 0.6) is 0 Å². The third kappa shape index (κ3) is 2.77. The molecule has 1 aromatic heterocycles. The molecule has 4 heteroatoms. The van der Waals surface area contributed by atoms with Gasteiger partial charge in [0.05, 0.1) is 10.9 Å². The maximum absolute atomic E-state index is 5.99. The minimum Gasteiger partial charge on any atom is -0.383 e. The van der Waals surface area contributed by atoms with Crippen LogP contribution in [-0.2, 0) is 4.74 Å². The summed E-state index contributed by atoms with van der Waals surface area (Å²) in [6.07, 6.45) is 2.31. The van der Waals surface area contributed by atoms with Crippen molar-refractivity contribution in [3.8, 4) is 0 Å². The van der Waals surface area contributed by atoms with Crippen LogP contribution in [0.15, 0.2) is 12.1 Å². The zero-order valence-electron chi connectivity index (χ0n) is 9.75. The summed E-state index contributed by atoms with van der Waals surface area (Å²) in [7, 11) is 1.76. The molecule has 16 heavy (non-hydrogen) atoms. The molecule has 90 valence electrons. The summed E-state index contributed by atoms with van der Waals surface area (Å²) in [4.78, 5) is 1.41. The Labute approximate surface area is 106 Å². The van der Waals surface area contributed by atoms with E-state index in [4.69, 9.17) is 16.3 Å². The Kier molecular flexibility index (Phi) is 3.90. The van der Waals surface area contributed by atoms with Gasteiger partial charge < -0.3 is 10.1 Å². The van der Waals surface area contributed by atoms with Gasteiger partial charge in [-0.3, -0.25) is 0 Å². The lowest BCUT2D eigenvalue weighted by atomic mass is 9.83. The van der Waals surface area contributed by atoms with Gasteiger partial charge in [0, 0.05) is 17.5 Å². The molecular formula is C12H18ClNOS. The molecule has 1 saturated heterocycles. The number of methoxy groups -OCH3 is 1. The van der Waals surface area contributed by atoms with Gasteiger partial charge >= 0.3 is 0 Å². The molecule has 2 nitrogen and oxygen atoms in total. The van der Waals surface area contributed by atoms with E-state index in [1.54, 1.807) is 18.4 Å². The maximum atomic E-state index is 5.99. The summed E-state index contributed by atoms with van der Waals surface area (Å²) >= 11 is 7.70. The molecule has 1 aromatic rings. The highest BCUT2D eigenvalue weighted by Gasteiger charge is 2.32. The standard InChI is InChI=1S/C12H18ClNOS/c1-12(8-15-2)7-9(5-6-14-12)10-3-4-11(13)16-10/h3-4,9,14H,5-8H2,1-2H3. The molecule has 2 heterocycles. The monoisotopic (exact) mass is 259 g/mol. The van der Waals surface area contributed by atoms with Crippen molar-refractivity contribution in [2.75, 3.05) is 20.3 Å². The highest BCUT2D eigenvalue weighted by molar-refractivity contribution is 7.16. The lowest BCUT2D eigenvalue weighted by molar-refractivity contribution is 0.0950. The van der Waals surface area contributed by atoms with Crippen LogP contribution in [-0.4, -0.2) is 25.8 Å². The average molecular weight is 260 g/mol. The molecule has 0 radical (unpaired) electrons. The molecule has 2 rings (SSSR count). The van der Waals surface area contributed by atoms with E-state index in [9.17, 15) is 0 Å². The number of hydrogen-bond acceptors (Lipinski definition) is 3. The van der Waals surface area contributed by atoms with Gasteiger partial charge in [-0.05, 0) is 44.4 Å². The maximum Gasteiger partial charge on any atom is 0.0931 e. The number of nitrogens with one attached hydrogen (secondary N) is 1. The largest absolute Gasteiger partial charge is 0.383 e. The molecule has 1 aliphatic rings. The van der Waals surface area contributed by atoms with Gasteiger partial charge in [0.2, 0.25) is 0 Å². The summed E-state index contributed by atoms with van der Waals surface area (Å²) in [5, 5.41) is 3.55. The summed E-state index contributed by atoms with van der Waals surface area (Å²) < 4.78 is 6.18. The van der Waals surface area contributed by atoms with Crippen LogP contribution in [0.25, 0.3) is 0 Å². The highest BCUT2D eigenvalue weighted by Crippen LogP contribution is 2.37. The minimum absolute atomic E-state index is 0.105. The van der Waals surface area contributed by atoms with Gasteiger partial charge in [0.1, 0.15) is 0 Å². The van der Waals surface area contributed by atoms with E-state index in [-0.39, 0.29) is 5.54 Å². The van der Waals surface area contributed by atoms with Crippen LogP contribution in [0.1, 0.15) is 30.6 Å². The van der Waals surface area contributed by atoms with Gasteiger partial charge in [0.25, 0.3) is 0 Å². The first-order chi connectivity index (χ1) is 7.63. The Morgan fingerprint density at radius 1 is 1.62 bits per heavy atom. The lowest BCUT2D eigenvalue weighted by Crippen LogP contribution is -2.51. The van der Waals surface area contributed by atoms with Crippen molar-refractivity contribution >= 4 is 22.9 Å². The quantitative estimate of drug-likeness (QED) is 0.900. The molecular weight excluding hydrogens is 242 g/mol. The van der Waals surface area contributed by atoms with Crippen molar-refractivity contribution in [1.29, 1.82) is 0 Å². The highest BCUT2D eigenvalue weighted by atomic mass is 35.5. The van der Waals surface area contributed by atoms with Gasteiger partial charge in [-0.1, -0.05) is 11.6 Å². The molecule has 0 aromatic carbocycles. The van der Waals surface area contributed by atoms with Gasteiger partial charge in [-0.2, -0.15) is 0 Å².